The fraction of sp³-hybridized carbons (Fsp3) is 0.375. The van der Waals surface area contributed by atoms with Crippen molar-refractivity contribution in [3.05, 3.63) is 58.8 Å². The molecule has 0 spiro atoms. The van der Waals surface area contributed by atoms with Gasteiger partial charge in [0.05, 0.1) is 0 Å². The minimum Gasteiger partial charge on any atom is -0.466 e. The number of nitrogens with one attached hydrogen (secondary N) is 1. The molecule has 0 radical (unpaired) electrons. The van der Waals surface area contributed by atoms with Crippen LogP contribution in [0.15, 0.2) is 34.7 Å². The van der Waals surface area contributed by atoms with E-state index < -0.39 is 0 Å². The molecule has 2 rings (SSSR count). The standard InChI is InChI=1S/C16H20FNO/c1-4-18-16(15-9-11(2)19-12(15)3)10-13-5-7-14(17)8-6-13/h5-9,16,18H,4,10H2,1-3H3. The molecule has 0 aliphatic carbocycles. The Morgan fingerprint density at radius 3 is 2.42 bits per heavy atom. The summed E-state index contributed by atoms with van der Waals surface area (Å²) in [5, 5.41) is 3.46. The monoisotopic (exact) mass is 261 g/mol. The van der Waals surface area contributed by atoms with Gasteiger partial charge in [0.25, 0.3) is 0 Å². The highest BCUT2D eigenvalue weighted by Gasteiger charge is 2.16. The molecule has 1 unspecified atom stereocenters. The van der Waals surface area contributed by atoms with Crippen molar-refractivity contribution in [3.63, 3.8) is 0 Å². The molecule has 3 heteroatoms. The first-order valence-corrected chi connectivity index (χ1v) is 6.65. The van der Waals surface area contributed by atoms with Crippen LogP contribution in [0.1, 0.15) is 35.6 Å². The van der Waals surface area contributed by atoms with Gasteiger partial charge in [-0.3, -0.25) is 0 Å². The number of furan rings is 1. The van der Waals surface area contributed by atoms with Gasteiger partial charge in [0.2, 0.25) is 0 Å². The quantitative estimate of drug-likeness (QED) is 0.882. The second-order valence-electron chi connectivity index (χ2n) is 4.81. The molecule has 0 saturated heterocycles. The van der Waals surface area contributed by atoms with Crippen LogP contribution in [0, 0.1) is 19.7 Å². The van der Waals surface area contributed by atoms with Crippen molar-refractivity contribution >= 4 is 0 Å². The van der Waals surface area contributed by atoms with Crippen LogP contribution in [0.25, 0.3) is 0 Å². The molecule has 1 heterocycles. The van der Waals surface area contributed by atoms with Crippen LogP contribution in [0.3, 0.4) is 0 Å². The van der Waals surface area contributed by atoms with Crippen LogP contribution < -0.4 is 5.32 Å². The summed E-state index contributed by atoms with van der Waals surface area (Å²) in [5.74, 6) is 1.68. The van der Waals surface area contributed by atoms with E-state index in [1.807, 2.05) is 26.0 Å². The molecular formula is C16H20FNO. The van der Waals surface area contributed by atoms with Crippen LogP contribution in [0.2, 0.25) is 0 Å². The van der Waals surface area contributed by atoms with E-state index in [1.165, 1.54) is 17.7 Å². The normalized spacial score (nSPS) is 12.6. The Morgan fingerprint density at radius 2 is 1.89 bits per heavy atom. The smallest absolute Gasteiger partial charge is 0.123 e. The first-order valence-electron chi connectivity index (χ1n) is 6.65. The van der Waals surface area contributed by atoms with E-state index in [4.69, 9.17) is 4.42 Å². The van der Waals surface area contributed by atoms with Gasteiger partial charge in [0.1, 0.15) is 17.3 Å². The molecule has 102 valence electrons. The van der Waals surface area contributed by atoms with E-state index >= 15 is 0 Å². The molecule has 0 amide bonds. The third-order valence-electron chi connectivity index (χ3n) is 3.26. The zero-order valence-electron chi connectivity index (χ0n) is 11.7. The summed E-state index contributed by atoms with van der Waals surface area (Å²) >= 11 is 0. The molecule has 0 saturated carbocycles. The summed E-state index contributed by atoms with van der Waals surface area (Å²) in [6.45, 7) is 6.91. The maximum absolute atomic E-state index is 12.9. The average Bonchev–Trinajstić information content (AvgIpc) is 2.71. The number of hydrogen-bond donors (Lipinski definition) is 1. The molecule has 0 bridgehead atoms. The van der Waals surface area contributed by atoms with E-state index in [0.29, 0.717) is 0 Å². The molecule has 19 heavy (non-hydrogen) atoms. The Kier molecular flexibility index (Phi) is 4.38. The SMILES string of the molecule is CCNC(Cc1ccc(F)cc1)c1cc(C)oc1C. The number of aryl methyl sites for hydroxylation is 2. The lowest BCUT2D eigenvalue weighted by Crippen LogP contribution is -2.23. The fourth-order valence-corrected chi connectivity index (χ4v) is 2.39. The Labute approximate surface area is 113 Å². The molecule has 1 N–H and O–H groups in total. The molecule has 1 atom stereocenters. The predicted octanol–water partition coefficient (Wildman–Crippen LogP) is 3.93. The summed E-state index contributed by atoms with van der Waals surface area (Å²) in [6.07, 6.45) is 0.827. The van der Waals surface area contributed by atoms with Crippen molar-refractivity contribution in [2.75, 3.05) is 6.54 Å². The van der Waals surface area contributed by atoms with Crippen LogP contribution in [-0.4, -0.2) is 6.54 Å². The van der Waals surface area contributed by atoms with Crippen molar-refractivity contribution in [2.45, 2.75) is 33.2 Å². The summed E-state index contributed by atoms with van der Waals surface area (Å²) < 4.78 is 18.5. The summed E-state index contributed by atoms with van der Waals surface area (Å²) in [5.41, 5.74) is 2.30. The number of benzene rings is 1. The van der Waals surface area contributed by atoms with Gasteiger partial charge in [0, 0.05) is 11.6 Å². The third-order valence-corrected chi connectivity index (χ3v) is 3.26. The van der Waals surface area contributed by atoms with Gasteiger partial charge < -0.3 is 9.73 Å². The van der Waals surface area contributed by atoms with Crippen LogP contribution in [-0.2, 0) is 6.42 Å². The Hall–Kier alpha value is -1.61. The van der Waals surface area contributed by atoms with Gasteiger partial charge in [-0.25, -0.2) is 4.39 Å². The third kappa shape index (κ3) is 3.44. The zero-order chi connectivity index (χ0) is 13.8. The average molecular weight is 261 g/mol. The lowest BCUT2D eigenvalue weighted by atomic mass is 9.99. The second-order valence-corrected chi connectivity index (χ2v) is 4.81. The molecule has 1 aromatic heterocycles. The van der Waals surface area contributed by atoms with Crippen molar-refractivity contribution in [3.8, 4) is 0 Å². The second kappa shape index (κ2) is 6.02. The topological polar surface area (TPSA) is 25.2 Å². The summed E-state index contributed by atoms with van der Waals surface area (Å²) in [7, 11) is 0. The van der Waals surface area contributed by atoms with Gasteiger partial charge in [-0.05, 0) is 50.6 Å². The maximum atomic E-state index is 12.9. The highest BCUT2D eigenvalue weighted by molar-refractivity contribution is 5.27. The lowest BCUT2D eigenvalue weighted by molar-refractivity contribution is 0.484. The van der Waals surface area contributed by atoms with Crippen LogP contribution in [0.5, 0.6) is 0 Å². The molecule has 2 aromatic rings. The molecule has 0 aliphatic rings. The maximum Gasteiger partial charge on any atom is 0.123 e. The fourth-order valence-electron chi connectivity index (χ4n) is 2.39. The van der Waals surface area contributed by atoms with Gasteiger partial charge in [-0.2, -0.15) is 0 Å². The number of hydrogen-bond acceptors (Lipinski definition) is 2. The van der Waals surface area contributed by atoms with E-state index in [9.17, 15) is 4.39 Å². The molecular weight excluding hydrogens is 241 g/mol. The first kappa shape index (κ1) is 13.8. The Balaban J connectivity index is 2.20. The van der Waals surface area contributed by atoms with E-state index in [2.05, 4.69) is 18.3 Å². The number of likely N-dealkylation sites (N-methyl/N-ethyl adjacent to an activating group) is 1. The van der Waals surface area contributed by atoms with E-state index in [1.54, 1.807) is 0 Å². The van der Waals surface area contributed by atoms with E-state index in [0.717, 1.165) is 30.0 Å². The molecule has 0 aliphatic heterocycles. The van der Waals surface area contributed by atoms with Gasteiger partial charge >= 0.3 is 0 Å². The lowest BCUT2D eigenvalue weighted by Gasteiger charge is -2.17. The van der Waals surface area contributed by atoms with Crippen molar-refractivity contribution in [1.82, 2.24) is 5.32 Å². The Bertz CT molecular complexity index is 530. The molecule has 1 aromatic carbocycles. The van der Waals surface area contributed by atoms with Crippen molar-refractivity contribution < 1.29 is 8.81 Å². The zero-order valence-corrected chi connectivity index (χ0v) is 11.7. The van der Waals surface area contributed by atoms with Gasteiger partial charge in [0.15, 0.2) is 0 Å². The largest absolute Gasteiger partial charge is 0.466 e. The van der Waals surface area contributed by atoms with Crippen molar-refractivity contribution in [2.24, 2.45) is 0 Å². The highest BCUT2D eigenvalue weighted by atomic mass is 19.1. The first-order chi connectivity index (χ1) is 9.10. The van der Waals surface area contributed by atoms with Gasteiger partial charge in [-0.15, -0.1) is 0 Å². The molecule has 0 fully saturated rings. The minimum absolute atomic E-state index is 0.195. The minimum atomic E-state index is -0.195. The predicted molar refractivity (Wildman–Crippen MR) is 74.7 cm³/mol. The van der Waals surface area contributed by atoms with Crippen LogP contribution in [0.4, 0.5) is 4.39 Å². The Morgan fingerprint density at radius 1 is 1.21 bits per heavy atom. The highest BCUT2D eigenvalue weighted by Crippen LogP contribution is 2.24. The summed E-state index contributed by atoms with van der Waals surface area (Å²) in [4.78, 5) is 0. The number of rotatable bonds is 5. The summed E-state index contributed by atoms with van der Waals surface area (Å²) in [6, 6.07) is 8.96. The van der Waals surface area contributed by atoms with Crippen LogP contribution >= 0.6 is 0 Å². The number of halogens is 1. The van der Waals surface area contributed by atoms with E-state index in [-0.39, 0.29) is 11.9 Å². The molecule has 2 nitrogen and oxygen atoms in total. The van der Waals surface area contributed by atoms with Crippen molar-refractivity contribution in [1.29, 1.82) is 0 Å². The van der Waals surface area contributed by atoms with Gasteiger partial charge in [-0.1, -0.05) is 19.1 Å².